The predicted molar refractivity (Wildman–Crippen MR) is 57.8 cm³/mol. The van der Waals surface area contributed by atoms with Gasteiger partial charge < -0.3 is 5.11 Å². The molecule has 5 heteroatoms. The summed E-state index contributed by atoms with van der Waals surface area (Å²) < 4.78 is 0. The van der Waals surface area contributed by atoms with Crippen LogP contribution < -0.4 is 11.3 Å². The van der Waals surface area contributed by atoms with Crippen LogP contribution in [0.4, 0.5) is 0 Å². The van der Waals surface area contributed by atoms with Crippen molar-refractivity contribution in [1.29, 1.82) is 0 Å². The van der Waals surface area contributed by atoms with E-state index < -0.39 is 0 Å². The predicted octanol–water partition coefficient (Wildman–Crippen LogP) is -0.541. The maximum atomic E-state index is 10.9. The average Bonchev–Trinajstić information content (AvgIpc) is 2.59. The third-order valence-electron chi connectivity index (χ3n) is 3.19. The van der Waals surface area contributed by atoms with E-state index in [-0.39, 0.29) is 18.6 Å². The standard InChI is InChI=1S/C10H21N3O2/c1-8-4-6-13(9(8)7-14)5-2-3-10(15)12-11/h8-9,14H,2-7,11H2,1H3,(H,12,15). The summed E-state index contributed by atoms with van der Waals surface area (Å²) in [6.07, 6.45) is 2.39. The van der Waals surface area contributed by atoms with Crippen LogP contribution >= 0.6 is 0 Å². The number of hydrogen-bond donors (Lipinski definition) is 3. The second kappa shape index (κ2) is 6.05. The number of nitrogens with zero attached hydrogens (tertiary/aromatic N) is 1. The van der Waals surface area contributed by atoms with Crippen LogP contribution in [0.25, 0.3) is 0 Å². The highest BCUT2D eigenvalue weighted by atomic mass is 16.3. The lowest BCUT2D eigenvalue weighted by Gasteiger charge is -2.24. The van der Waals surface area contributed by atoms with Gasteiger partial charge >= 0.3 is 0 Å². The van der Waals surface area contributed by atoms with E-state index in [2.05, 4.69) is 17.2 Å². The number of aliphatic hydroxyl groups excluding tert-OH is 1. The van der Waals surface area contributed by atoms with E-state index in [1.54, 1.807) is 0 Å². The van der Waals surface area contributed by atoms with Crippen LogP contribution in [0.3, 0.4) is 0 Å². The first kappa shape index (κ1) is 12.4. The summed E-state index contributed by atoms with van der Waals surface area (Å²) in [6, 6.07) is 0.269. The van der Waals surface area contributed by atoms with Gasteiger partial charge in [0.15, 0.2) is 0 Å². The number of carbonyl (C=O) groups is 1. The molecule has 1 aliphatic heterocycles. The molecule has 1 rings (SSSR count). The number of hydrogen-bond acceptors (Lipinski definition) is 4. The topological polar surface area (TPSA) is 78.6 Å². The Morgan fingerprint density at radius 3 is 3.00 bits per heavy atom. The number of likely N-dealkylation sites (tertiary alicyclic amines) is 1. The Labute approximate surface area is 90.6 Å². The van der Waals surface area contributed by atoms with Gasteiger partial charge in [0.2, 0.25) is 5.91 Å². The van der Waals surface area contributed by atoms with Crippen molar-refractivity contribution < 1.29 is 9.90 Å². The third-order valence-corrected chi connectivity index (χ3v) is 3.19. The van der Waals surface area contributed by atoms with Crippen LogP contribution in [-0.4, -0.2) is 41.7 Å². The monoisotopic (exact) mass is 215 g/mol. The van der Waals surface area contributed by atoms with Gasteiger partial charge in [-0.3, -0.25) is 15.1 Å². The summed E-state index contributed by atoms with van der Waals surface area (Å²) >= 11 is 0. The zero-order valence-corrected chi connectivity index (χ0v) is 9.28. The molecule has 1 heterocycles. The maximum Gasteiger partial charge on any atom is 0.233 e. The van der Waals surface area contributed by atoms with Gasteiger partial charge in [-0.05, 0) is 31.8 Å². The van der Waals surface area contributed by atoms with Crippen molar-refractivity contribution in [2.45, 2.75) is 32.2 Å². The van der Waals surface area contributed by atoms with Gasteiger partial charge in [0.05, 0.1) is 6.61 Å². The Hall–Kier alpha value is -0.650. The van der Waals surface area contributed by atoms with Gasteiger partial charge in [0, 0.05) is 12.5 Å². The summed E-state index contributed by atoms with van der Waals surface area (Å²) in [5, 5.41) is 9.22. The lowest BCUT2D eigenvalue weighted by molar-refractivity contribution is -0.121. The molecule has 15 heavy (non-hydrogen) atoms. The molecule has 1 saturated heterocycles. The first-order chi connectivity index (χ1) is 7.19. The quantitative estimate of drug-likeness (QED) is 0.327. The fraction of sp³-hybridized carbons (Fsp3) is 0.900. The van der Waals surface area contributed by atoms with Crippen molar-refractivity contribution in [3.63, 3.8) is 0 Å². The van der Waals surface area contributed by atoms with Crippen LogP contribution in [-0.2, 0) is 4.79 Å². The Morgan fingerprint density at radius 1 is 1.67 bits per heavy atom. The zero-order valence-electron chi connectivity index (χ0n) is 9.28. The number of amides is 1. The minimum atomic E-state index is -0.122. The molecule has 2 unspecified atom stereocenters. The van der Waals surface area contributed by atoms with E-state index >= 15 is 0 Å². The normalized spacial score (nSPS) is 26.9. The summed E-state index contributed by atoms with van der Waals surface area (Å²) in [5.41, 5.74) is 2.12. The van der Waals surface area contributed by atoms with Crippen LogP contribution in [0.5, 0.6) is 0 Å². The molecule has 0 aromatic rings. The Kier molecular flexibility index (Phi) is 5.01. The summed E-state index contributed by atoms with van der Waals surface area (Å²) in [7, 11) is 0. The first-order valence-electron chi connectivity index (χ1n) is 5.53. The van der Waals surface area contributed by atoms with Gasteiger partial charge in [-0.1, -0.05) is 6.92 Å². The van der Waals surface area contributed by atoms with Crippen molar-refractivity contribution in [3.8, 4) is 0 Å². The van der Waals surface area contributed by atoms with E-state index in [9.17, 15) is 9.90 Å². The molecule has 0 spiro atoms. The minimum absolute atomic E-state index is 0.122. The molecule has 0 radical (unpaired) electrons. The van der Waals surface area contributed by atoms with E-state index in [1.807, 2.05) is 0 Å². The minimum Gasteiger partial charge on any atom is -0.395 e. The molecule has 88 valence electrons. The van der Waals surface area contributed by atoms with Crippen molar-refractivity contribution >= 4 is 5.91 Å². The summed E-state index contributed by atoms with van der Waals surface area (Å²) in [6.45, 7) is 4.26. The smallest absolute Gasteiger partial charge is 0.233 e. The molecule has 0 aromatic heterocycles. The highest BCUT2D eigenvalue weighted by molar-refractivity contribution is 5.75. The fourth-order valence-electron chi connectivity index (χ4n) is 2.18. The van der Waals surface area contributed by atoms with Crippen LogP contribution in [0.2, 0.25) is 0 Å². The van der Waals surface area contributed by atoms with Crippen molar-refractivity contribution in [1.82, 2.24) is 10.3 Å². The molecule has 4 N–H and O–H groups in total. The molecule has 0 aliphatic carbocycles. The average molecular weight is 215 g/mol. The lowest BCUT2D eigenvalue weighted by Crippen LogP contribution is -2.36. The third kappa shape index (κ3) is 3.44. The van der Waals surface area contributed by atoms with Crippen LogP contribution in [0.15, 0.2) is 0 Å². The Bertz CT molecular complexity index is 211. The maximum absolute atomic E-state index is 10.9. The van der Waals surface area contributed by atoms with Crippen molar-refractivity contribution in [3.05, 3.63) is 0 Å². The number of hydrazine groups is 1. The molecule has 5 nitrogen and oxygen atoms in total. The van der Waals surface area contributed by atoms with Crippen LogP contribution in [0.1, 0.15) is 26.2 Å². The van der Waals surface area contributed by atoms with E-state index in [0.717, 1.165) is 25.9 Å². The van der Waals surface area contributed by atoms with Gasteiger partial charge in [-0.25, -0.2) is 5.84 Å². The van der Waals surface area contributed by atoms with Gasteiger partial charge in [0.1, 0.15) is 0 Å². The van der Waals surface area contributed by atoms with E-state index in [1.165, 1.54) is 0 Å². The van der Waals surface area contributed by atoms with Crippen LogP contribution in [0, 0.1) is 5.92 Å². The SMILES string of the molecule is CC1CCN(CCCC(=O)NN)C1CO. The molecule has 2 atom stereocenters. The fourth-order valence-corrected chi connectivity index (χ4v) is 2.18. The summed E-state index contributed by atoms with van der Waals surface area (Å²) in [4.78, 5) is 13.2. The van der Waals surface area contributed by atoms with Crippen molar-refractivity contribution in [2.75, 3.05) is 19.7 Å². The molecular weight excluding hydrogens is 194 g/mol. The highest BCUT2D eigenvalue weighted by Crippen LogP contribution is 2.23. The van der Waals surface area contributed by atoms with Gasteiger partial charge in [-0.2, -0.15) is 0 Å². The number of carbonyl (C=O) groups excluding carboxylic acids is 1. The van der Waals surface area contributed by atoms with E-state index in [0.29, 0.717) is 12.3 Å². The lowest BCUT2D eigenvalue weighted by atomic mass is 10.0. The number of nitrogens with one attached hydrogen (secondary N) is 1. The van der Waals surface area contributed by atoms with E-state index in [4.69, 9.17) is 5.84 Å². The Morgan fingerprint density at radius 2 is 2.40 bits per heavy atom. The highest BCUT2D eigenvalue weighted by Gasteiger charge is 2.29. The van der Waals surface area contributed by atoms with Gasteiger partial charge in [-0.15, -0.1) is 0 Å². The summed E-state index contributed by atoms with van der Waals surface area (Å²) in [5.74, 6) is 5.42. The number of rotatable bonds is 5. The number of nitrogens with two attached hydrogens (primary N) is 1. The van der Waals surface area contributed by atoms with Gasteiger partial charge in [0.25, 0.3) is 0 Å². The number of aliphatic hydroxyl groups is 1. The largest absolute Gasteiger partial charge is 0.395 e. The zero-order chi connectivity index (χ0) is 11.3. The molecule has 1 aliphatic rings. The molecular formula is C10H21N3O2. The Balaban J connectivity index is 2.23. The molecule has 0 bridgehead atoms. The molecule has 0 aromatic carbocycles. The molecule has 1 fully saturated rings. The molecule has 0 saturated carbocycles. The second-order valence-electron chi connectivity index (χ2n) is 4.22. The first-order valence-corrected chi connectivity index (χ1v) is 5.53. The van der Waals surface area contributed by atoms with Crippen molar-refractivity contribution in [2.24, 2.45) is 11.8 Å². The molecule has 1 amide bonds. The second-order valence-corrected chi connectivity index (χ2v) is 4.22.